The van der Waals surface area contributed by atoms with Crippen LogP contribution in [0.2, 0.25) is 0 Å². The predicted molar refractivity (Wildman–Crippen MR) is 111 cm³/mol. The second kappa shape index (κ2) is 7.76. The van der Waals surface area contributed by atoms with E-state index in [4.69, 9.17) is 9.47 Å². The second-order valence-electron chi connectivity index (χ2n) is 10.1. The van der Waals surface area contributed by atoms with Crippen LogP contribution in [0.25, 0.3) is 0 Å². The van der Waals surface area contributed by atoms with Gasteiger partial charge in [-0.05, 0) is 50.5 Å². The number of amides is 2. The summed E-state index contributed by atoms with van der Waals surface area (Å²) in [5.41, 5.74) is 0.142. The molecule has 2 heterocycles. The number of ether oxygens (including phenoxy) is 2. The molecule has 2 amide bonds. The second-order valence-corrected chi connectivity index (χ2v) is 10.1. The van der Waals surface area contributed by atoms with Crippen LogP contribution >= 0.6 is 0 Å². The Morgan fingerprint density at radius 2 is 1.83 bits per heavy atom. The molecule has 0 radical (unpaired) electrons. The zero-order chi connectivity index (χ0) is 21.5. The van der Waals surface area contributed by atoms with Crippen molar-refractivity contribution in [3.05, 3.63) is 35.9 Å². The first kappa shape index (κ1) is 21.0. The molecule has 7 heteroatoms. The van der Waals surface area contributed by atoms with Crippen LogP contribution in [0.1, 0.15) is 32.8 Å². The fourth-order valence-electron chi connectivity index (χ4n) is 5.55. The molecular formula is C23H32N2O5. The number of fused-ring (bicyclic) bond motifs is 3. The van der Waals surface area contributed by atoms with Gasteiger partial charge in [0.1, 0.15) is 12.2 Å². The molecule has 0 unspecified atom stereocenters. The normalized spacial score (nSPS) is 30.2. The van der Waals surface area contributed by atoms with E-state index in [2.05, 4.69) is 0 Å². The smallest absolute Gasteiger partial charge is 0.410 e. The van der Waals surface area contributed by atoms with Crippen molar-refractivity contribution in [1.82, 2.24) is 9.80 Å². The Hall–Kier alpha value is -2.28. The Morgan fingerprint density at radius 1 is 1.10 bits per heavy atom. The summed E-state index contributed by atoms with van der Waals surface area (Å²) < 4.78 is 11.0. The van der Waals surface area contributed by atoms with Crippen LogP contribution in [0.5, 0.6) is 0 Å². The van der Waals surface area contributed by atoms with Gasteiger partial charge >= 0.3 is 12.2 Å². The lowest BCUT2D eigenvalue weighted by Crippen LogP contribution is -2.39. The lowest BCUT2D eigenvalue weighted by Gasteiger charge is -2.30. The van der Waals surface area contributed by atoms with Gasteiger partial charge in [0.2, 0.25) is 0 Å². The van der Waals surface area contributed by atoms with E-state index < -0.39 is 5.60 Å². The van der Waals surface area contributed by atoms with Crippen LogP contribution in [-0.2, 0) is 16.1 Å². The molecule has 1 aromatic carbocycles. The first-order chi connectivity index (χ1) is 14.2. The third-order valence-electron chi connectivity index (χ3n) is 6.82. The van der Waals surface area contributed by atoms with Crippen molar-refractivity contribution in [2.45, 2.75) is 39.4 Å². The number of benzene rings is 1. The molecule has 1 aromatic rings. The summed E-state index contributed by atoms with van der Waals surface area (Å²) in [6, 6.07) is 9.61. The van der Waals surface area contributed by atoms with Crippen molar-refractivity contribution in [2.75, 3.05) is 32.8 Å². The highest BCUT2D eigenvalue weighted by Gasteiger charge is 2.61. The van der Waals surface area contributed by atoms with Gasteiger partial charge in [0, 0.05) is 31.6 Å². The van der Waals surface area contributed by atoms with Crippen molar-refractivity contribution in [1.29, 1.82) is 0 Å². The molecule has 164 valence electrons. The first-order valence-electron chi connectivity index (χ1n) is 10.8. The quantitative estimate of drug-likeness (QED) is 0.819. The number of aliphatic hydroxyl groups excluding tert-OH is 1. The lowest BCUT2D eigenvalue weighted by molar-refractivity contribution is 0.0250. The van der Waals surface area contributed by atoms with Crippen LogP contribution < -0.4 is 0 Å². The van der Waals surface area contributed by atoms with E-state index >= 15 is 0 Å². The molecule has 4 atom stereocenters. The van der Waals surface area contributed by atoms with Crippen LogP contribution in [0.4, 0.5) is 9.59 Å². The molecule has 0 bridgehead atoms. The average Bonchev–Trinajstić information content (AvgIpc) is 3.33. The number of rotatable bonds is 3. The van der Waals surface area contributed by atoms with Crippen molar-refractivity contribution >= 4 is 12.2 Å². The van der Waals surface area contributed by atoms with Crippen molar-refractivity contribution < 1.29 is 24.2 Å². The number of carbonyl (C=O) groups is 2. The van der Waals surface area contributed by atoms with E-state index in [1.54, 1.807) is 9.80 Å². The summed E-state index contributed by atoms with van der Waals surface area (Å²) in [6.45, 7) is 8.27. The predicted octanol–water partition coefficient (Wildman–Crippen LogP) is 3.12. The highest BCUT2D eigenvalue weighted by atomic mass is 16.6. The van der Waals surface area contributed by atoms with Crippen LogP contribution in [-0.4, -0.2) is 65.5 Å². The summed E-state index contributed by atoms with van der Waals surface area (Å²) in [7, 11) is 0. The minimum Gasteiger partial charge on any atom is -0.445 e. The molecule has 2 saturated heterocycles. The lowest BCUT2D eigenvalue weighted by atomic mass is 9.79. The largest absolute Gasteiger partial charge is 0.445 e. The number of likely N-dealkylation sites (tertiary alicyclic amines) is 2. The molecule has 7 nitrogen and oxygen atoms in total. The number of carbonyl (C=O) groups excluding carboxylic acids is 2. The van der Waals surface area contributed by atoms with Gasteiger partial charge in [0.15, 0.2) is 0 Å². The molecular weight excluding hydrogens is 384 g/mol. The Kier molecular flexibility index (Phi) is 5.43. The van der Waals surface area contributed by atoms with E-state index in [-0.39, 0.29) is 42.7 Å². The summed E-state index contributed by atoms with van der Waals surface area (Å²) in [4.78, 5) is 28.7. The van der Waals surface area contributed by atoms with E-state index in [9.17, 15) is 14.7 Å². The van der Waals surface area contributed by atoms with E-state index in [1.807, 2.05) is 51.1 Å². The minimum atomic E-state index is -0.518. The van der Waals surface area contributed by atoms with Gasteiger partial charge in [0.25, 0.3) is 0 Å². The van der Waals surface area contributed by atoms with Gasteiger partial charge in [-0.25, -0.2) is 9.59 Å². The number of aliphatic hydroxyl groups is 1. The van der Waals surface area contributed by atoms with E-state index in [0.717, 1.165) is 12.0 Å². The van der Waals surface area contributed by atoms with Gasteiger partial charge in [0.05, 0.1) is 6.61 Å². The molecule has 0 aromatic heterocycles. The van der Waals surface area contributed by atoms with Crippen molar-refractivity contribution in [2.24, 2.45) is 23.2 Å². The fraction of sp³-hybridized carbons (Fsp3) is 0.652. The maximum absolute atomic E-state index is 12.7. The fourth-order valence-corrected chi connectivity index (χ4v) is 5.55. The minimum absolute atomic E-state index is 0.0551. The SMILES string of the molecule is CC(C)(C)OC(=O)N1C[C@H]2C[C@]3(CO)CN(C(=O)OCc4ccccc4)C[C@@H]3[C@H]2C1. The van der Waals surface area contributed by atoms with Gasteiger partial charge in [-0.15, -0.1) is 0 Å². The molecule has 0 spiro atoms. The Labute approximate surface area is 177 Å². The number of hydrogen-bond acceptors (Lipinski definition) is 5. The average molecular weight is 417 g/mol. The van der Waals surface area contributed by atoms with Gasteiger partial charge < -0.3 is 24.4 Å². The summed E-state index contributed by atoms with van der Waals surface area (Å²) in [6.07, 6.45) is 0.212. The zero-order valence-corrected chi connectivity index (χ0v) is 18.0. The molecule has 1 N–H and O–H groups in total. The Balaban J connectivity index is 1.38. The maximum Gasteiger partial charge on any atom is 0.410 e. The molecule has 30 heavy (non-hydrogen) atoms. The molecule has 1 saturated carbocycles. The number of hydrogen-bond donors (Lipinski definition) is 1. The summed E-state index contributed by atoms with van der Waals surface area (Å²) in [5.74, 6) is 0.790. The third kappa shape index (κ3) is 4.00. The molecule has 2 aliphatic heterocycles. The highest BCUT2D eigenvalue weighted by molar-refractivity contribution is 5.69. The standard InChI is InChI=1S/C23H32N2O5/c1-22(2,3)30-21(28)24-10-17-9-23(15-26)14-25(12-19(23)18(17)11-24)20(27)29-13-16-7-5-4-6-8-16/h4-8,17-19,26H,9-15H2,1-3H3/t17-,18+,19-,23-/m1/s1. The van der Waals surface area contributed by atoms with Gasteiger partial charge in [-0.1, -0.05) is 30.3 Å². The number of nitrogens with zero attached hydrogens (tertiary/aromatic N) is 2. The van der Waals surface area contributed by atoms with Gasteiger partial charge in [-0.2, -0.15) is 0 Å². The Bertz CT molecular complexity index is 793. The Morgan fingerprint density at radius 3 is 2.50 bits per heavy atom. The summed E-state index contributed by atoms with van der Waals surface area (Å²) >= 11 is 0. The molecule has 4 rings (SSSR count). The van der Waals surface area contributed by atoms with E-state index in [0.29, 0.717) is 32.1 Å². The monoisotopic (exact) mass is 416 g/mol. The molecule has 3 fully saturated rings. The molecule has 1 aliphatic carbocycles. The van der Waals surface area contributed by atoms with Crippen molar-refractivity contribution in [3.8, 4) is 0 Å². The summed E-state index contributed by atoms with van der Waals surface area (Å²) in [5, 5.41) is 10.2. The van der Waals surface area contributed by atoms with Crippen LogP contribution in [0.3, 0.4) is 0 Å². The highest BCUT2D eigenvalue weighted by Crippen LogP contribution is 2.56. The third-order valence-corrected chi connectivity index (χ3v) is 6.82. The van der Waals surface area contributed by atoms with Crippen molar-refractivity contribution in [3.63, 3.8) is 0 Å². The van der Waals surface area contributed by atoms with Crippen LogP contribution in [0.15, 0.2) is 30.3 Å². The van der Waals surface area contributed by atoms with Gasteiger partial charge in [-0.3, -0.25) is 0 Å². The maximum atomic E-state index is 12.7. The zero-order valence-electron chi connectivity index (χ0n) is 18.0. The topological polar surface area (TPSA) is 79.3 Å². The van der Waals surface area contributed by atoms with Crippen LogP contribution in [0, 0.1) is 23.2 Å². The molecule has 3 aliphatic rings. The van der Waals surface area contributed by atoms with E-state index in [1.165, 1.54) is 0 Å². The first-order valence-corrected chi connectivity index (χ1v) is 10.8.